The molecular weight excluding hydrogens is 560 g/mol. The summed E-state index contributed by atoms with van der Waals surface area (Å²) in [5.74, 6) is -0.424. The summed E-state index contributed by atoms with van der Waals surface area (Å²) in [5, 5.41) is 16.6. The normalized spacial score (nSPS) is 11.8. The molecule has 0 saturated heterocycles. The molecule has 202 valence electrons. The zero-order chi connectivity index (χ0) is 28.2. The van der Waals surface area contributed by atoms with E-state index in [0.29, 0.717) is 21.2 Å². The number of hydrogen-bond donors (Lipinski definition) is 0. The van der Waals surface area contributed by atoms with Gasteiger partial charge < -0.3 is 14.2 Å². The number of aromatic nitrogens is 2. The summed E-state index contributed by atoms with van der Waals surface area (Å²) in [4.78, 5) is 41.2. The molecule has 2 aromatic carbocycles. The summed E-state index contributed by atoms with van der Waals surface area (Å²) in [5.41, 5.74) is -0.554. The van der Waals surface area contributed by atoms with Gasteiger partial charge in [0.2, 0.25) is 5.75 Å². The highest BCUT2D eigenvalue weighted by Crippen LogP contribution is 2.38. The van der Waals surface area contributed by atoms with Gasteiger partial charge in [0.05, 0.1) is 34.8 Å². The molecule has 3 aromatic rings. The zero-order valence-electron chi connectivity index (χ0n) is 22.0. The van der Waals surface area contributed by atoms with E-state index >= 15 is 0 Å². The molecule has 11 nitrogen and oxygen atoms in total. The highest BCUT2D eigenvalue weighted by Gasteiger charge is 2.25. The van der Waals surface area contributed by atoms with Crippen molar-refractivity contribution in [1.82, 2.24) is 9.66 Å². The van der Waals surface area contributed by atoms with Gasteiger partial charge in [-0.3, -0.25) is 14.9 Å². The van der Waals surface area contributed by atoms with E-state index in [1.165, 1.54) is 23.0 Å². The van der Waals surface area contributed by atoms with Gasteiger partial charge in [0.25, 0.3) is 5.56 Å². The maximum Gasteiger partial charge on any atom is 0.344 e. The Morgan fingerprint density at radius 1 is 1.24 bits per heavy atom. The average Bonchev–Trinajstić information content (AvgIpc) is 2.81. The fourth-order valence-corrected chi connectivity index (χ4v) is 3.88. The number of nitro benzene ring substituents is 1. The van der Waals surface area contributed by atoms with Gasteiger partial charge >= 0.3 is 11.7 Å². The van der Waals surface area contributed by atoms with Gasteiger partial charge in [0, 0.05) is 21.5 Å². The van der Waals surface area contributed by atoms with Gasteiger partial charge in [0.1, 0.15) is 5.82 Å². The van der Waals surface area contributed by atoms with E-state index < -0.39 is 28.6 Å². The second-order valence-corrected chi connectivity index (χ2v) is 10.5. The standard InChI is InChI=1S/C26H29BrN4O7/c1-7-36-21-11-16(10-20(31(34)35)23(21)37-14-22(32)38-15(2)3)13-28-30-24(33)18-12-17(27)8-9-19(18)29-25(30)26(4,5)6/h8-13,15H,7,14H2,1-6H3. The maximum atomic E-state index is 13.4. The van der Waals surface area contributed by atoms with E-state index in [0.717, 1.165) is 0 Å². The van der Waals surface area contributed by atoms with Crippen LogP contribution in [-0.4, -0.2) is 46.1 Å². The van der Waals surface area contributed by atoms with Crippen LogP contribution in [0.25, 0.3) is 10.9 Å². The number of halogens is 1. The number of hydrogen-bond acceptors (Lipinski definition) is 9. The Hall–Kier alpha value is -3.80. The first-order chi connectivity index (χ1) is 17.8. The molecule has 12 heteroatoms. The van der Waals surface area contributed by atoms with Crippen molar-refractivity contribution >= 4 is 44.7 Å². The first-order valence-electron chi connectivity index (χ1n) is 11.9. The van der Waals surface area contributed by atoms with Crippen molar-refractivity contribution in [1.29, 1.82) is 0 Å². The van der Waals surface area contributed by atoms with Crippen LogP contribution in [0.15, 0.2) is 44.7 Å². The minimum absolute atomic E-state index is 0.0458. The maximum absolute atomic E-state index is 13.4. The summed E-state index contributed by atoms with van der Waals surface area (Å²) in [6.07, 6.45) is 0.951. The van der Waals surface area contributed by atoms with Gasteiger partial charge in [-0.1, -0.05) is 36.7 Å². The van der Waals surface area contributed by atoms with Crippen LogP contribution in [-0.2, 0) is 14.9 Å². The summed E-state index contributed by atoms with van der Waals surface area (Å²) in [7, 11) is 0. The highest BCUT2D eigenvalue weighted by atomic mass is 79.9. The lowest BCUT2D eigenvalue weighted by Gasteiger charge is -2.21. The van der Waals surface area contributed by atoms with Crippen molar-refractivity contribution in [3.63, 3.8) is 0 Å². The molecule has 38 heavy (non-hydrogen) atoms. The molecular formula is C26H29BrN4O7. The highest BCUT2D eigenvalue weighted by molar-refractivity contribution is 9.10. The summed E-state index contributed by atoms with van der Waals surface area (Å²) in [6.45, 7) is 10.4. The van der Waals surface area contributed by atoms with E-state index in [-0.39, 0.29) is 35.3 Å². The molecule has 0 amide bonds. The predicted octanol–water partition coefficient (Wildman–Crippen LogP) is 4.98. The van der Waals surface area contributed by atoms with Crippen molar-refractivity contribution in [2.24, 2.45) is 5.10 Å². The van der Waals surface area contributed by atoms with E-state index in [1.807, 2.05) is 20.8 Å². The topological polar surface area (TPSA) is 135 Å². The van der Waals surface area contributed by atoms with E-state index in [4.69, 9.17) is 14.2 Å². The number of nitrogens with zero attached hydrogens (tertiary/aromatic N) is 4. The van der Waals surface area contributed by atoms with Crippen LogP contribution in [0.1, 0.15) is 52.9 Å². The van der Waals surface area contributed by atoms with Gasteiger partial charge in [-0.05, 0) is 45.0 Å². The van der Waals surface area contributed by atoms with Gasteiger partial charge in [-0.25, -0.2) is 9.78 Å². The number of carbonyl (C=O) groups excluding carboxylic acids is 1. The smallest absolute Gasteiger partial charge is 0.344 e. The zero-order valence-corrected chi connectivity index (χ0v) is 23.6. The minimum Gasteiger partial charge on any atom is -0.490 e. The van der Waals surface area contributed by atoms with Crippen molar-refractivity contribution in [3.05, 3.63) is 66.7 Å². The van der Waals surface area contributed by atoms with E-state index in [1.54, 1.807) is 39.0 Å². The van der Waals surface area contributed by atoms with Crippen molar-refractivity contribution in [3.8, 4) is 11.5 Å². The van der Waals surface area contributed by atoms with Crippen LogP contribution >= 0.6 is 15.9 Å². The van der Waals surface area contributed by atoms with Gasteiger partial charge in [-0.2, -0.15) is 9.78 Å². The molecule has 0 aliphatic carbocycles. The van der Waals surface area contributed by atoms with E-state index in [9.17, 15) is 19.7 Å². The number of fused-ring (bicyclic) bond motifs is 1. The lowest BCUT2D eigenvalue weighted by molar-refractivity contribution is -0.385. The molecule has 1 aromatic heterocycles. The number of rotatable bonds is 9. The van der Waals surface area contributed by atoms with Crippen molar-refractivity contribution < 1.29 is 23.9 Å². The summed E-state index contributed by atoms with van der Waals surface area (Å²) < 4.78 is 18.0. The van der Waals surface area contributed by atoms with Crippen LogP contribution in [0.5, 0.6) is 11.5 Å². The molecule has 3 rings (SSSR count). The molecule has 0 atom stereocenters. The molecule has 0 unspecified atom stereocenters. The SMILES string of the molecule is CCOc1cc(C=Nn2c(C(C)(C)C)nc3ccc(Br)cc3c2=O)cc([N+](=O)[O-])c1OCC(=O)OC(C)C. The molecule has 0 aliphatic rings. The van der Waals surface area contributed by atoms with Crippen LogP contribution in [0.2, 0.25) is 0 Å². The number of carbonyl (C=O) groups is 1. The van der Waals surface area contributed by atoms with Crippen LogP contribution in [0.3, 0.4) is 0 Å². The van der Waals surface area contributed by atoms with Crippen molar-refractivity contribution in [2.75, 3.05) is 13.2 Å². The third kappa shape index (κ3) is 6.74. The molecule has 0 saturated carbocycles. The van der Waals surface area contributed by atoms with E-state index in [2.05, 4.69) is 26.0 Å². The third-order valence-corrected chi connectivity index (χ3v) is 5.55. The van der Waals surface area contributed by atoms with Crippen LogP contribution in [0.4, 0.5) is 5.69 Å². The molecule has 0 bridgehead atoms. The second kappa shape index (κ2) is 11.7. The Morgan fingerprint density at radius 3 is 2.55 bits per heavy atom. The molecule has 1 heterocycles. The molecule has 0 aliphatic heterocycles. The van der Waals surface area contributed by atoms with Crippen LogP contribution in [0, 0.1) is 10.1 Å². The minimum atomic E-state index is -0.674. The largest absolute Gasteiger partial charge is 0.490 e. The predicted molar refractivity (Wildman–Crippen MR) is 146 cm³/mol. The molecule has 0 fully saturated rings. The summed E-state index contributed by atoms with van der Waals surface area (Å²) in [6, 6.07) is 7.92. The Kier molecular flexibility index (Phi) is 8.87. The number of ether oxygens (including phenoxy) is 3. The Balaban J connectivity index is 2.12. The molecule has 0 spiro atoms. The first kappa shape index (κ1) is 28.8. The average molecular weight is 589 g/mol. The van der Waals surface area contributed by atoms with Crippen molar-refractivity contribution in [2.45, 2.75) is 53.1 Å². The van der Waals surface area contributed by atoms with Gasteiger partial charge in [-0.15, -0.1) is 0 Å². The molecule has 0 N–H and O–H groups in total. The lowest BCUT2D eigenvalue weighted by Crippen LogP contribution is -2.29. The fourth-order valence-electron chi connectivity index (χ4n) is 3.52. The Bertz CT molecular complexity index is 1460. The lowest BCUT2D eigenvalue weighted by atomic mass is 9.95. The third-order valence-electron chi connectivity index (χ3n) is 5.06. The Labute approximate surface area is 227 Å². The number of benzene rings is 2. The first-order valence-corrected chi connectivity index (χ1v) is 12.7. The fraction of sp³-hybridized carbons (Fsp3) is 0.385. The summed E-state index contributed by atoms with van der Waals surface area (Å²) >= 11 is 3.38. The number of nitro groups is 1. The monoisotopic (exact) mass is 588 g/mol. The Morgan fingerprint density at radius 2 is 1.95 bits per heavy atom. The second-order valence-electron chi connectivity index (χ2n) is 9.59. The van der Waals surface area contributed by atoms with Gasteiger partial charge in [0.15, 0.2) is 12.4 Å². The number of esters is 1. The molecule has 0 radical (unpaired) electrons. The quantitative estimate of drug-likeness (QED) is 0.148. The van der Waals surface area contributed by atoms with Crippen LogP contribution < -0.4 is 15.0 Å².